The number of pyridine rings is 1. The molecule has 1 fully saturated rings. The quantitative estimate of drug-likeness (QED) is 0.161. The first-order valence-electron chi connectivity index (χ1n) is 13.5. The van der Waals surface area contributed by atoms with Crippen LogP contribution in [0, 0.1) is 16.0 Å². The van der Waals surface area contributed by atoms with E-state index >= 15 is 0 Å². The van der Waals surface area contributed by atoms with Gasteiger partial charge in [0.05, 0.1) is 21.6 Å². The lowest BCUT2D eigenvalue weighted by atomic mass is 9.84. The Morgan fingerprint density at radius 3 is 2.45 bits per heavy atom. The van der Waals surface area contributed by atoms with Crippen molar-refractivity contribution in [1.29, 1.82) is 0 Å². The molecule has 3 aromatic carbocycles. The highest BCUT2D eigenvalue weighted by molar-refractivity contribution is 8.00. The van der Waals surface area contributed by atoms with Crippen LogP contribution in [0.25, 0.3) is 10.8 Å². The first kappa shape index (κ1) is 27.7. The Labute approximate surface area is 257 Å². The number of non-ortho nitro benzene ring substituents is 1. The third kappa shape index (κ3) is 4.66. The van der Waals surface area contributed by atoms with E-state index < -0.39 is 39.7 Å². The Hall–Kier alpha value is -5.14. The molecule has 44 heavy (non-hydrogen) atoms. The van der Waals surface area contributed by atoms with Crippen molar-refractivity contribution < 1.29 is 19.3 Å². The van der Waals surface area contributed by atoms with Crippen LogP contribution in [0.5, 0.6) is 0 Å². The van der Waals surface area contributed by atoms with E-state index in [2.05, 4.69) is 10.3 Å². The van der Waals surface area contributed by atoms with E-state index in [0.29, 0.717) is 21.2 Å². The summed E-state index contributed by atoms with van der Waals surface area (Å²) in [5, 5.41) is 15.6. The number of carbonyl (C=O) groups is 3. The van der Waals surface area contributed by atoms with Gasteiger partial charge in [-0.1, -0.05) is 59.5 Å². The van der Waals surface area contributed by atoms with Crippen molar-refractivity contribution in [2.45, 2.75) is 22.7 Å². The monoisotopic (exact) mass is 623 g/mol. The number of imide groups is 1. The summed E-state index contributed by atoms with van der Waals surface area (Å²) in [6.45, 7) is -0.282. The number of thiazole rings is 1. The first-order chi connectivity index (χ1) is 21.3. The minimum absolute atomic E-state index is 0.166. The maximum Gasteiger partial charge on any atom is 0.308 e. The lowest BCUT2D eigenvalue weighted by Crippen LogP contribution is -2.33. The van der Waals surface area contributed by atoms with E-state index in [1.54, 1.807) is 30.6 Å². The highest BCUT2D eigenvalue weighted by atomic mass is 32.2. The second-order valence-corrected chi connectivity index (χ2v) is 12.5. The van der Waals surface area contributed by atoms with E-state index in [1.165, 1.54) is 28.8 Å². The summed E-state index contributed by atoms with van der Waals surface area (Å²) in [5.41, 5.74) is 1.30. The van der Waals surface area contributed by atoms with Crippen LogP contribution in [-0.2, 0) is 20.9 Å². The standard InChI is InChI=1S/C31H21N5O6S2/c37-23(33-20-8-7-17-4-1-2-5-18(17)14-20)16-34-30-27(44-31(34)40)24(19-6-3-13-32-15-19)25-26(43-30)29(39)35(28(25)38)21-9-11-22(12-10-21)36(41)42/h1-15,24-26H,16H2,(H,33,37)/t24-,25-,26+/m0/s1. The Kier molecular flexibility index (Phi) is 6.82. The number of nitro benzene ring substituents is 1. The highest BCUT2D eigenvalue weighted by Crippen LogP contribution is 2.53. The molecule has 0 unspecified atom stereocenters. The SMILES string of the molecule is O=C(Cn1c2c(sc1=O)[C@@H](c1cccnc1)[C@@H]1C(=O)N(c3ccc([N+](=O)[O-])cc3)C(=O)[C@@H]1S2)Nc1ccc2ccccc2c1. The van der Waals surface area contributed by atoms with Gasteiger partial charge in [-0.05, 0) is 46.7 Å². The topological polar surface area (TPSA) is 145 Å². The normalized spacial score (nSPS) is 19.1. The first-order valence-corrected chi connectivity index (χ1v) is 15.2. The molecule has 3 atom stereocenters. The van der Waals surface area contributed by atoms with Gasteiger partial charge in [-0.25, -0.2) is 4.90 Å². The average Bonchev–Trinajstić information content (AvgIpc) is 3.47. The largest absolute Gasteiger partial charge is 0.325 e. The number of rotatable bonds is 6. The van der Waals surface area contributed by atoms with Gasteiger partial charge in [0.25, 0.3) is 5.69 Å². The van der Waals surface area contributed by atoms with Crippen molar-refractivity contribution in [2.75, 3.05) is 10.2 Å². The molecule has 4 heterocycles. The van der Waals surface area contributed by atoms with Gasteiger partial charge in [0.15, 0.2) is 0 Å². The molecular weight excluding hydrogens is 603 g/mol. The third-order valence-corrected chi connectivity index (χ3v) is 10.4. The van der Waals surface area contributed by atoms with Crippen LogP contribution in [0.1, 0.15) is 16.4 Å². The molecule has 2 aliphatic heterocycles. The van der Waals surface area contributed by atoms with Crippen molar-refractivity contribution in [3.63, 3.8) is 0 Å². The minimum atomic E-state index is -0.890. The average molecular weight is 624 g/mol. The summed E-state index contributed by atoms with van der Waals surface area (Å²) in [4.78, 5) is 70.3. The molecule has 0 radical (unpaired) electrons. The number of carbonyl (C=O) groups excluding carboxylic acids is 3. The fourth-order valence-electron chi connectivity index (χ4n) is 5.76. The van der Waals surface area contributed by atoms with Crippen LogP contribution in [0.3, 0.4) is 0 Å². The van der Waals surface area contributed by atoms with Crippen LogP contribution in [-0.4, -0.2) is 37.4 Å². The van der Waals surface area contributed by atoms with Crippen LogP contribution in [0.15, 0.2) is 101 Å². The Balaban J connectivity index is 1.24. The number of nitro groups is 1. The summed E-state index contributed by atoms with van der Waals surface area (Å²) in [6.07, 6.45) is 3.20. The molecule has 218 valence electrons. The van der Waals surface area contributed by atoms with Crippen molar-refractivity contribution >= 4 is 68.7 Å². The number of anilines is 2. The van der Waals surface area contributed by atoms with Crippen LogP contribution in [0.4, 0.5) is 17.1 Å². The van der Waals surface area contributed by atoms with Crippen molar-refractivity contribution in [3.05, 3.63) is 121 Å². The molecule has 5 aromatic rings. The van der Waals surface area contributed by atoms with Gasteiger partial charge >= 0.3 is 4.87 Å². The summed E-state index contributed by atoms with van der Waals surface area (Å²) in [6, 6.07) is 22.0. The third-order valence-electron chi connectivity index (χ3n) is 7.75. The van der Waals surface area contributed by atoms with Gasteiger partial charge < -0.3 is 5.32 Å². The molecule has 1 N–H and O–H groups in total. The van der Waals surface area contributed by atoms with Gasteiger partial charge in [-0.3, -0.25) is 38.8 Å². The number of hydrogen-bond donors (Lipinski definition) is 1. The van der Waals surface area contributed by atoms with Crippen molar-refractivity contribution in [1.82, 2.24) is 9.55 Å². The second-order valence-electron chi connectivity index (χ2n) is 10.3. The van der Waals surface area contributed by atoms with Gasteiger partial charge in [0.1, 0.15) is 11.8 Å². The zero-order valence-electron chi connectivity index (χ0n) is 22.7. The number of nitrogens with one attached hydrogen (secondary N) is 1. The molecule has 0 bridgehead atoms. The van der Waals surface area contributed by atoms with E-state index in [4.69, 9.17) is 0 Å². The molecule has 3 amide bonds. The molecule has 0 saturated carbocycles. The summed E-state index contributed by atoms with van der Waals surface area (Å²) < 4.78 is 1.35. The highest BCUT2D eigenvalue weighted by Gasteiger charge is 2.57. The maximum absolute atomic E-state index is 13.9. The Bertz CT molecular complexity index is 2040. The van der Waals surface area contributed by atoms with Crippen molar-refractivity contribution in [2.24, 2.45) is 5.92 Å². The minimum Gasteiger partial charge on any atom is -0.325 e. The number of fused-ring (bicyclic) bond motifs is 3. The summed E-state index contributed by atoms with van der Waals surface area (Å²) in [5.74, 6) is -2.89. The lowest BCUT2D eigenvalue weighted by Gasteiger charge is -2.30. The number of thioether (sulfide) groups is 1. The summed E-state index contributed by atoms with van der Waals surface area (Å²) >= 11 is 2.04. The number of aromatic nitrogens is 2. The smallest absolute Gasteiger partial charge is 0.308 e. The number of hydrogen-bond acceptors (Lipinski definition) is 9. The zero-order valence-corrected chi connectivity index (χ0v) is 24.3. The fourth-order valence-corrected chi connectivity index (χ4v) is 8.54. The number of benzene rings is 3. The predicted octanol–water partition coefficient (Wildman–Crippen LogP) is 4.80. The molecule has 0 aliphatic carbocycles. The molecule has 2 aliphatic rings. The van der Waals surface area contributed by atoms with Crippen LogP contribution in [0.2, 0.25) is 0 Å². The molecule has 2 aromatic heterocycles. The van der Waals surface area contributed by atoms with E-state index in [9.17, 15) is 29.3 Å². The molecule has 1 saturated heterocycles. The van der Waals surface area contributed by atoms with E-state index in [-0.39, 0.29) is 22.8 Å². The van der Waals surface area contributed by atoms with Crippen molar-refractivity contribution in [3.8, 4) is 0 Å². The Morgan fingerprint density at radius 2 is 1.73 bits per heavy atom. The molecule has 0 spiro atoms. The van der Waals surface area contributed by atoms with Gasteiger partial charge in [-0.2, -0.15) is 0 Å². The lowest BCUT2D eigenvalue weighted by molar-refractivity contribution is -0.384. The molecule has 7 rings (SSSR count). The number of nitrogens with zero attached hydrogens (tertiary/aromatic N) is 4. The van der Waals surface area contributed by atoms with Gasteiger partial charge in [0, 0.05) is 41.0 Å². The summed E-state index contributed by atoms with van der Waals surface area (Å²) in [7, 11) is 0. The second kappa shape index (κ2) is 10.8. The Morgan fingerprint density at radius 1 is 0.955 bits per heavy atom. The number of amides is 3. The van der Waals surface area contributed by atoms with Crippen LogP contribution < -0.4 is 15.1 Å². The van der Waals surface area contributed by atoms with Crippen LogP contribution >= 0.6 is 23.1 Å². The molecule has 11 nitrogen and oxygen atoms in total. The molecule has 13 heteroatoms. The predicted molar refractivity (Wildman–Crippen MR) is 166 cm³/mol. The van der Waals surface area contributed by atoms with E-state index in [0.717, 1.165) is 38.8 Å². The van der Waals surface area contributed by atoms with E-state index in [1.807, 2.05) is 36.4 Å². The maximum atomic E-state index is 13.9. The van der Waals surface area contributed by atoms with Gasteiger partial charge in [0.2, 0.25) is 17.7 Å². The molecular formula is C31H21N5O6S2. The zero-order chi connectivity index (χ0) is 30.5. The fraction of sp³-hybridized carbons (Fsp3) is 0.129. The van der Waals surface area contributed by atoms with Gasteiger partial charge in [-0.15, -0.1) is 0 Å².